The highest BCUT2D eigenvalue weighted by Crippen LogP contribution is 2.47. The number of halogens is 1. The Labute approximate surface area is 118 Å². The number of nitrogens with zero attached hydrogens (tertiary/aromatic N) is 2. The van der Waals surface area contributed by atoms with E-state index in [2.05, 4.69) is 9.89 Å². The van der Waals surface area contributed by atoms with Gasteiger partial charge in [-0.2, -0.15) is 0 Å². The van der Waals surface area contributed by atoms with Crippen molar-refractivity contribution in [2.75, 3.05) is 25.2 Å². The Balaban J connectivity index is 2.01. The highest BCUT2D eigenvalue weighted by atomic mass is 35.5. The molecule has 2 N–H and O–H groups in total. The van der Waals surface area contributed by atoms with E-state index in [1.807, 2.05) is 24.3 Å². The molecule has 0 amide bonds. The third-order valence-corrected chi connectivity index (χ3v) is 4.22. The van der Waals surface area contributed by atoms with Crippen LogP contribution in [0.1, 0.15) is 12.8 Å². The molecule has 0 spiro atoms. The van der Waals surface area contributed by atoms with E-state index in [-0.39, 0.29) is 5.54 Å². The van der Waals surface area contributed by atoms with E-state index in [0.29, 0.717) is 30.1 Å². The maximum absolute atomic E-state index is 6.11. The first-order valence-electron chi connectivity index (χ1n) is 6.52. The average molecular weight is 280 g/mol. The van der Waals surface area contributed by atoms with Gasteiger partial charge in [-0.25, -0.2) is 0 Å². The van der Waals surface area contributed by atoms with Gasteiger partial charge >= 0.3 is 0 Å². The molecule has 1 fully saturated rings. The van der Waals surface area contributed by atoms with Crippen LogP contribution in [-0.2, 0) is 4.74 Å². The minimum Gasteiger partial charge on any atom is -0.382 e. The second-order valence-corrected chi connectivity index (χ2v) is 5.74. The molecule has 102 valence electrons. The van der Waals surface area contributed by atoms with Gasteiger partial charge in [-0.15, -0.1) is 0 Å². The monoisotopic (exact) mass is 279 g/mol. The van der Waals surface area contributed by atoms with Gasteiger partial charge in [-0.1, -0.05) is 17.7 Å². The lowest BCUT2D eigenvalue weighted by molar-refractivity contribution is 0.129. The van der Waals surface area contributed by atoms with E-state index >= 15 is 0 Å². The third-order valence-electron chi connectivity index (χ3n) is 3.99. The van der Waals surface area contributed by atoms with Crippen molar-refractivity contribution >= 4 is 23.2 Å². The molecule has 1 aromatic carbocycles. The van der Waals surface area contributed by atoms with E-state index in [1.165, 1.54) is 12.8 Å². The summed E-state index contributed by atoms with van der Waals surface area (Å²) in [7, 11) is 1.73. The van der Waals surface area contributed by atoms with Gasteiger partial charge in [0.1, 0.15) is 0 Å². The van der Waals surface area contributed by atoms with Crippen molar-refractivity contribution in [1.29, 1.82) is 0 Å². The molecule has 1 aliphatic heterocycles. The molecule has 1 atom stereocenters. The van der Waals surface area contributed by atoms with Crippen LogP contribution in [0.5, 0.6) is 0 Å². The summed E-state index contributed by atoms with van der Waals surface area (Å²) >= 11 is 6.10. The summed E-state index contributed by atoms with van der Waals surface area (Å²) in [6, 6.07) is 7.76. The van der Waals surface area contributed by atoms with Crippen LogP contribution in [0.15, 0.2) is 29.3 Å². The van der Waals surface area contributed by atoms with E-state index in [0.717, 1.165) is 5.69 Å². The van der Waals surface area contributed by atoms with Gasteiger partial charge in [0.15, 0.2) is 5.96 Å². The molecule has 0 saturated heterocycles. The second kappa shape index (κ2) is 4.69. The zero-order valence-electron chi connectivity index (χ0n) is 11.0. The van der Waals surface area contributed by atoms with Gasteiger partial charge in [0.2, 0.25) is 0 Å². The fourth-order valence-corrected chi connectivity index (χ4v) is 3.19. The van der Waals surface area contributed by atoms with Gasteiger partial charge in [-0.05, 0) is 37.0 Å². The minimum atomic E-state index is -0.135. The van der Waals surface area contributed by atoms with E-state index in [9.17, 15) is 0 Å². The second-order valence-electron chi connectivity index (χ2n) is 5.30. The molecule has 2 aliphatic rings. The van der Waals surface area contributed by atoms with Crippen molar-refractivity contribution in [3.8, 4) is 0 Å². The fraction of sp³-hybridized carbons (Fsp3) is 0.500. The predicted octanol–water partition coefficient (Wildman–Crippen LogP) is 2.27. The molecular weight excluding hydrogens is 262 g/mol. The summed E-state index contributed by atoms with van der Waals surface area (Å²) in [5, 5.41) is 0.708. The number of rotatable bonds is 4. The number of anilines is 1. The minimum absolute atomic E-state index is 0.135. The molecule has 1 aliphatic carbocycles. The predicted molar refractivity (Wildman–Crippen MR) is 77.8 cm³/mol. The van der Waals surface area contributed by atoms with Crippen LogP contribution in [0, 0.1) is 5.92 Å². The first-order chi connectivity index (χ1) is 9.17. The van der Waals surface area contributed by atoms with Crippen molar-refractivity contribution in [3.05, 3.63) is 29.3 Å². The summed E-state index contributed by atoms with van der Waals surface area (Å²) in [5.41, 5.74) is 6.97. The van der Waals surface area contributed by atoms with Gasteiger partial charge in [-0.3, -0.25) is 4.99 Å². The Kier molecular flexibility index (Phi) is 3.15. The largest absolute Gasteiger partial charge is 0.382 e. The number of hydrogen-bond acceptors (Lipinski definition) is 4. The molecule has 0 bridgehead atoms. The Bertz CT molecular complexity index is 515. The zero-order chi connectivity index (χ0) is 13.5. The molecule has 1 unspecified atom stereocenters. The Morgan fingerprint density at radius 1 is 1.53 bits per heavy atom. The maximum Gasteiger partial charge on any atom is 0.196 e. The molecule has 1 aromatic rings. The van der Waals surface area contributed by atoms with E-state index in [4.69, 9.17) is 22.1 Å². The molecule has 1 heterocycles. The molecule has 4 nitrogen and oxygen atoms in total. The number of aliphatic imine (C=N–C) groups is 1. The normalized spacial score (nSPS) is 26.6. The van der Waals surface area contributed by atoms with E-state index in [1.54, 1.807) is 7.11 Å². The van der Waals surface area contributed by atoms with Crippen molar-refractivity contribution in [1.82, 2.24) is 0 Å². The summed E-state index contributed by atoms with van der Waals surface area (Å²) in [5.74, 6) is 1.16. The highest BCUT2D eigenvalue weighted by molar-refractivity contribution is 6.31. The van der Waals surface area contributed by atoms with Gasteiger partial charge in [0, 0.05) is 17.8 Å². The van der Waals surface area contributed by atoms with Crippen LogP contribution in [0.3, 0.4) is 0 Å². The number of ether oxygens (including phenoxy) is 1. The highest BCUT2D eigenvalue weighted by Gasteiger charge is 2.53. The molecule has 3 rings (SSSR count). The number of guanidine groups is 1. The molecule has 19 heavy (non-hydrogen) atoms. The molecule has 0 aromatic heterocycles. The number of methoxy groups -OCH3 is 1. The number of nitrogens with two attached hydrogens (primary N) is 1. The van der Waals surface area contributed by atoms with E-state index < -0.39 is 0 Å². The number of benzene rings is 1. The summed E-state index contributed by atoms with van der Waals surface area (Å²) in [6.07, 6.45) is 2.42. The maximum atomic E-state index is 6.11. The van der Waals surface area contributed by atoms with Crippen LogP contribution in [0.2, 0.25) is 5.02 Å². The van der Waals surface area contributed by atoms with Gasteiger partial charge in [0.25, 0.3) is 0 Å². The van der Waals surface area contributed by atoms with Crippen LogP contribution in [0.25, 0.3) is 0 Å². The molecule has 0 radical (unpaired) electrons. The third kappa shape index (κ3) is 2.09. The van der Waals surface area contributed by atoms with Crippen LogP contribution < -0.4 is 10.6 Å². The lowest BCUT2D eigenvalue weighted by Crippen LogP contribution is -2.56. The van der Waals surface area contributed by atoms with Gasteiger partial charge in [0.05, 0.1) is 18.7 Å². The van der Waals surface area contributed by atoms with Crippen molar-refractivity contribution < 1.29 is 4.74 Å². The summed E-state index contributed by atoms with van der Waals surface area (Å²) in [6.45, 7) is 1.33. The van der Waals surface area contributed by atoms with Crippen LogP contribution in [0.4, 0.5) is 5.69 Å². The number of hydrogen-bond donors (Lipinski definition) is 1. The zero-order valence-corrected chi connectivity index (χ0v) is 11.7. The molecular formula is C14H18ClN3O. The Morgan fingerprint density at radius 3 is 2.95 bits per heavy atom. The van der Waals surface area contributed by atoms with Crippen molar-refractivity contribution in [2.45, 2.75) is 18.4 Å². The first kappa shape index (κ1) is 12.8. The topological polar surface area (TPSA) is 50.9 Å². The smallest absolute Gasteiger partial charge is 0.196 e. The molecule has 1 saturated carbocycles. The fourth-order valence-electron chi connectivity index (χ4n) is 3.00. The first-order valence-corrected chi connectivity index (χ1v) is 6.90. The standard InChI is InChI=1S/C14H18ClN3O/c1-19-9-14(10-5-6-10)8-17-13(16)18(14)12-4-2-3-11(15)7-12/h2-4,7,10H,5-6,8-9H2,1H3,(H2,16,17). The van der Waals surface area contributed by atoms with Crippen LogP contribution >= 0.6 is 11.6 Å². The van der Waals surface area contributed by atoms with Crippen LogP contribution in [-0.4, -0.2) is 31.8 Å². The lowest BCUT2D eigenvalue weighted by atomic mass is 9.92. The lowest BCUT2D eigenvalue weighted by Gasteiger charge is -2.39. The van der Waals surface area contributed by atoms with Crippen molar-refractivity contribution in [3.63, 3.8) is 0 Å². The van der Waals surface area contributed by atoms with Crippen molar-refractivity contribution in [2.24, 2.45) is 16.6 Å². The Morgan fingerprint density at radius 2 is 2.32 bits per heavy atom. The molecule has 5 heteroatoms. The summed E-state index contributed by atoms with van der Waals surface area (Å²) < 4.78 is 5.46. The van der Waals surface area contributed by atoms with Gasteiger partial charge < -0.3 is 15.4 Å². The quantitative estimate of drug-likeness (QED) is 0.920. The SMILES string of the molecule is COCC1(C2CC2)CN=C(N)N1c1cccc(Cl)c1. The Hall–Kier alpha value is -1.26. The summed E-state index contributed by atoms with van der Waals surface area (Å²) in [4.78, 5) is 6.57. The average Bonchev–Trinajstić information content (AvgIpc) is 3.17.